The maximum atomic E-state index is 13.0. The number of benzene rings is 2. The Bertz CT molecular complexity index is 1140. The van der Waals surface area contributed by atoms with E-state index >= 15 is 0 Å². The van der Waals surface area contributed by atoms with E-state index in [1.54, 1.807) is 24.3 Å². The molecule has 1 fully saturated rings. The largest absolute Gasteiger partial charge is 0.507 e. The van der Waals surface area contributed by atoms with Crippen molar-refractivity contribution in [2.45, 2.75) is 19.5 Å². The first-order valence-corrected chi connectivity index (χ1v) is 10.2. The molecule has 2 heterocycles. The van der Waals surface area contributed by atoms with E-state index in [2.05, 4.69) is 0 Å². The van der Waals surface area contributed by atoms with Crippen LogP contribution in [0.4, 0.5) is 0 Å². The fourth-order valence-electron chi connectivity index (χ4n) is 3.67. The smallest absolute Gasteiger partial charge is 0.296 e. The number of likely N-dealkylation sites (tertiary alicyclic amines) is 1. The summed E-state index contributed by atoms with van der Waals surface area (Å²) < 4.78 is 10.8. The van der Waals surface area contributed by atoms with Gasteiger partial charge in [-0.2, -0.15) is 0 Å². The zero-order valence-corrected chi connectivity index (χ0v) is 17.5. The third-order valence-corrected chi connectivity index (χ3v) is 5.36. The molecule has 0 radical (unpaired) electrons. The van der Waals surface area contributed by atoms with Gasteiger partial charge < -0.3 is 19.2 Å². The van der Waals surface area contributed by atoms with E-state index in [0.29, 0.717) is 34.3 Å². The monoisotopic (exact) mass is 437 g/mol. The SMILES string of the molecule is CCOc1ccc(C(O)=C2C(=O)C(=O)N(Cc3ccco3)[C@H]2c2ccccc2)cc1Cl. The van der Waals surface area contributed by atoms with E-state index < -0.39 is 17.7 Å². The number of rotatable bonds is 6. The highest BCUT2D eigenvalue weighted by molar-refractivity contribution is 6.46. The highest BCUT2D eigenvalue weighted by Crippen LogP contribution is 2.41. The van der Waals surface area contributed by atoms with Gasteiger partial charge in [0.15, 0.2) is 0 Å². The van der Waals surface area contributed by atoms with Crippen molar-refractivity contribution in [2.75, 3.05) is 6.61 Å². The van der Waals surface area contributed by atoms with E-state index in [0.717, 1.165) is 0 Å². The van der Waals surface area contributed by atoms with Crippen molar-refractivity contribution in [3.05, 3.63) is 94.4 Å². The topological polar surface area (TPSA) is 80.0 Å². The Kier molecular flexibility index (Phi) is 5.82. The van der Waals surface area contributed by atoms with Crippen LogP contribution < -0.4 is 4.74 Å². The molecule has 3 aromatic rings. The molecular formula is C24H20ClNO5. The standard InChI is InChI=1S/C24H20ClNO5/c1-2-30-19-11-10-16(13-18(19)25)22(27)20-21(15-7-4-3-5-8-15)26(24(29)23(20)28)14-17-9-6-12-31-17/h3-13,21,27H,2,14H2,1H3/t21-/m0/s1. The number of furan rings is 1. The van der Waals surface area contributed by atoms with Crippen LogP contribution in [0.15, 0.2) is 76.9 Å². The lowest BCUT2D eigenvalue weighted by Crippen LogP contribution is -2.29. The van der Waals surface area contributed by atoms with Gasteiger partial charge in [0.05, 0.1) is 36.1 Å². The summed E-state index contributed by atoms with van der Waals surface area (Å²) in [6, 6.07) is 16.5. The fraction of sp³-hybridized carbons (Fsp3) is 0.167. The number of halogens is 1. The van der Waals surface area contributed by atoms with Gasteiger partial charge in [0.25, 0.3) is 11.7 Å². The third kappa shape index (κ3) is 3.94. The van der Waals surface area contributed by atoms with Gasteiger partial charge in [0.2, 0.25) is 0 Å². The molecule has 1 atom stereocenters. The predicted octanol–water partition coefficient (Wildman–Crippen LogP) is 4.95. The van der Waals surface area contributed by atoms with Crippen LogP contribution >= 0.6 is 11.6 Å². The number of hydrogen-bond donors (Lipinski definition) is 1. The quantitative estimate of drug-likeness (QED) is 0.335. The first kappa shape index (κ1) is 20.8. The molecule has 1 aliphatic heterocycles. The van der Waals surface area contributed by atoms with Gasteiger partial charge in [0.1, 0.15) is 17.3 Å². The number of ketones is 1. The van der Waals surface area contributed by atoms with Crippen molar-refractivity contribution in [3.63, 3.8) is 0 Å². The van der Waals surface area contributed by atoms with Crippen molar-refractivity contribution >= 4 is 29.1 Å². The molecule has 1 aromatic heterocycles. The number of carbonyl (C=O) groups is 2. The predicted molar refractivity (Wildman–Crippen MR) is 116 cm³/mol. The maximum absolute atomic E-state index is 13.0. The Morgan fingerprint density at radius 3 is 2.55 bits per heavy atom. The molecular weight excluding hydrogens is 418 g/mol. The van der Waals surface area contributed by atoms with E-state index in [1.165, 1.54) is 17.2 Å². The molecule has 1 amide bonds. The van der Waals surface area contributed by atoms with Gasteiger partial charge in [0, 0.05) is 5.56 Å². The molecule has 7 heteroatoms. The zero-order chi connectivity index (χ0) is 22.0. The summed E-state index contributed by atoms with van der Waals surface area (Å²) in [6.07, 6.45) is 1.51. The molecule has 158 valence electrons. The number of hydrogen-bond acceptors (Lipinski definition) is 5. The highest BCUT2D eigenvalue weighted by atomic mass is 35.5. The molecule has 6 nitrogen and oxygen atoms in total. The average Bonchev–Trinajstić information content (AvgIpc) is 3.38. The van der Waals surface area contributed by atoms with Gasteiger partial charge in [-0.25, -0.2) is 0 Å². The van der Waals surface area contributed by atoms with Crippen molar-refractivity contribution in [3.8, 4) is 5.75 Å². The van der Waals surface area contributed by atoms with E-state index in [9.17, 15) is 14.7 Å². The number of Topliss-reactive ketones (excluding diaryl/α,β-unsaturated/α-hetero) is 1. The molecule has 1 aliphatic rings. The third-order valence-electron chi connectivity index (χ3n) is 5.07. The van der Waals surface area contributed by atoms with Crippen LogP contribution in [0.1, 0.15) is 29.9 Å². The average molecular weight is 438 g/mol. The molecule has 0 saturated carbocycles. The summed E-state index contributed by atoms with van der Waals surface area (Å²) >= 11 is 6.27. The van der Waals surface area contributed by atoms with Crippen LogP contribution in [0.3, 0.4) is 0 Å². The molecule has 1 saturated heterocycles. The zero-order valence-electron chi connectivity index (χ0n) is 16.7. The molecule has 0 bridgehead atoms. The van der Waals surface area contributed by atoms with Crippen molar-refractivity contribution in [2.24, 2.45) is 0 Å². The van der Waals surface area contributed by atoms with E-state index in [1.807, 2.05) is 37.3 Å². The Balaban J connectivity index is 1.83. The molecule has 0 spiro atoms. The number of aliphatic hydroxyl groups excluding tert-OH is 1. The second-order valence-corrected chi connectivity index (χ2v) is 7.40. The number of carbonyl (C=O) groups excluding carboxylic acids is 2. The van der Waals surface area contributed by atoms with Crippen LogP contribution in [-0.2, 0) is 16.1 Å². The summed E-state index contributed by atoms with van der Waals surface area (Å²) in [5.41, 5.74) is 1.03. The molecule has 0 unspecified atom stereocenters. The van der Waals surface area contributed by atoms with Crippen molar-refractivity contribution in [1.82, 2.24) is 4.90 Å². The number of nitrogens with zero attached hydrogens (tertiary/aromatic N) is 1. The lowest BCUT2D eigenvalue weighted by Gasteiger charge is -2.24. The minimum Gasteiger partial charge on any atom is -0.507 e. The fourth-order valence-corrected chi connectivity index (χ4v) is 3.91. The summed E-state index contributed by atoms with van der Waals surface area (Å²) in [5.74, 6) is -0.753. The summed E-state index contributed by atoms with van der Waals surface area (Å²) in [4.78, 5) is 27.3. The Labute approximate surface area is 184 Å². The summed E-state index contributed by atoms with van der Waals surface area (Å²) in [5, 5.41) is 11.4. The highest BCUT2D eigenvalue weighted by Gasteiger charge is 2.46. The Hall–Kier alpha value is -3.51. The van der Waals surface area contributed by atoms with Gasteiger partial charge in [-0.1, -0.05) is 41.9 Å². The minimum atomic E-state index is -0.767. The summed E-state index contributed by atoms with van der Waals surface area (Å²) in [6.45, 7) is 2.37. The van der Waals surface area contributed by atoms with Gasteiger partial charge >= 0.3 is 0 Å². The Morgan fingerprint density at radius 2 is 1.90 bits per heavy atom. The second kappa shape index (κ2) is 8.70. The molecule has 4 rings (SSSR count). The molecule has 0 aliphatic carbocycles. The first-order valence-electron chi connectivity index (χ1n) is 9.79. The van der Waals surface area contributed by atoms with Crippen LogP contribution in [0, 0.1) is 0 Å². The van der Waals surface area contributed by atoms with Crippen LogP contribution in [-0.4, -0.2) is 28.3 Å². The van der Waals surface area contributed by atoms with E-state index in [4.69, 9.17) is 20.8 Å². The van der Waals surface area contributed by atoms with Crippen molar-refractivity contribution in [1.29, 1.82) is 0 Å². The van der Waals surface area contributed by atoms with Gasteiger partial charge in [-0.05, 0) is 42.8 Å². The van der Waals surface area contributed by atoms with Crippen LogP contribution in [0.5, 0.6) is 5.75 Å². The van der Waals surface area contributed by atoms with Gasteiger partial charge in [-0.15, -0.1) is 0 Å². The van der Waals surface area contributed by atoms with Gasteiger partial charge in [-0.3, -0.25) is 9.59 Å². The second-order valence-electron chi connectivity index (χ2n) is 7.00. The van der Waals surface area contributed by atoms with Crippen LogP contribution in [0.2, 0.25) is 5.02 Å². The molecule has 2 aromatic carbocycles. The lowest BCUT2D eigenvalue weighted by molar-refractivity contribution is -0.140. The molecule has 1 N–H and O–H groups in total. The van der Waals surface area contributed by atoms with Crippen LogP contribution in [0.25, 0.3) is 5.76 Å². The normalized spacial score (nSPS) is 17.9. The van der Waals surface area contributed by atoms with E-state index in [-0.39, 0.29) is 17.9 Å². The minimum absolute atomic E-state index is 0.00276. The summed E-state index contributed by atoms with van der Waals surface area (Å²) in [7, 11) is 0. The lowest BCUT2D eigenvalue weighted by atomic mass is 9.95. The Morgan fingerprint density at radius 1 is 1.13 bits per heavy atom. The first-order chi connectivity index (χ1) is 15.0. The maximum Gasteiger partial charge on any atom is 0.296 e. The number of amides is 1. The molecule has 31 heavy (non-hydrogen) atoms. The van der Waals surface area contributed by atoms with Crippen molar-refractivity contribution < 1.29 is 23.8 Å². The number of ether oxygens (including phenoxy) is 1. The number of aliphatic hydroxyl groups is 1.